The summed E-state index contributed by atoms with van der Waals surface area (Å²) in [6.45, 7) is 3.75. The van der Waals surface area contributed by atoms with E-state index in [1.807, 2.05) is 0 Å². The fraction of sp³-hybridized carbons (Fsp3) is 0.429. The van der Waals surface area contributed by atoms with Crippen LogP contribution < -0.4 is 9.47 Å². The molecule has 14 nitrogen and oxygen atoms in total. The van der Waals surface area contributed by atoms with E-state index in [-0.39, 0.29) is 29.2 Å². The van der Waals surface area contributed by atoms with Gasteiger partial charge in [-0.1, -0.05) is 12.1 Å². The Morgan fingerprint density at radius 3 is 2.53 bits per heavy atom. The number of benzene rings is 2. The minimum Gasteiger partial charge on any atom is -0.504 e. The minimum atomic E-state index is -1.71. The Morgan fingerprint density at radius 2 is 1.82 bits per heavy atom. The lowest BCUT2D eigenvalue weighted by atomic mass is 9.73. The van der Waals surface area contributed by atoms with Gasteiger partial charge in [-0.3, -0.25) is 4.79 Å². The van der Waals surface area contributed by atoms with Gasteiger partial charge in [0.15, 0.2) is 29.1 Å². The summed E-state index contributed by atoms with van der Waals surface area (Å²) in [7, 11) is 2.84. The zero-order valence-corrected chi connectivity index (χ0v) is 26.9. The number of amides is 1. The van der Waals surface area contributed by atoms with Crippen LogP contribution in [0, 0.1) is 11.8 Å². The number of methoxy groups -OCH3 is 2. The summed E-state index contributed by atoms with van der Waals surface area (Å²) in [5.74, 6) is -1.72. The van der Waals surface area contributed by atoms with E-state index in [9.17, 15) is 35.1 Å². The molecule has 2 saturated heterocycles. The van der Waals surface area contributed by atoms with E-state index >= 15 is 0 Å². The molecular weight excluding hydrogens is 642 g/mol. The predicted molar refractivity (Wildman–Crippen MR) is 170 cm³/mol. The van der Waals surface area contributed by atoms with Crippen molar-refractivity contribution in [3.63, 3.8) is 0 Å². The third-order valence-electron chi connectivity index (χ3n) is 9.52. The number of phenols is 2. The molecule has 0 saturated carbocycles. The number of aliphatic hydroxyl groups excluding tert-OH is 3. The van der Waals surface area contributed by atoms with E-state index in [1.54, 1.807) is 29.2 Å². The van der Waals surface area contributed by atoms with Gasteiger partial charge in [0, 0.05) is 24.5 Å². The minimum absolute atomic E-state index is 0.0215. The largest absolute Gasteiger partial charge is 0.504 e. The maximum atomic E-state index is 13.8. The Hall–Kier alpha value is -4.60. The normalized spacial score (nSPS) is 30.7. The number of aliphatic hydroxyl groups is 3. The molecule has 2 aromatic carbocycles. The third-order valence-corrected chi connectivity index (χ3v) is 9.52. The summed E-state index contributed by atoms with van der Waals surface area (Å²) in [6.07, 6.45) is -2.36. The van der Waals surface area contributed by atoms with E-state index in [4.69, 9.17) is 28.4 Å². The lowest BCUT2D eigenvalue weighted by Gasteiger charge is -2.49. The topological polar surface area (TPSA) is 194 Å². The van der Waals surface area contributed by atoms with Crippen LogP contribution in [0.3, 0.4) is 0 Å². The second-order valence-corrected chi connectivity index (χ2v) is 12.2. The average molecular weight is 682 g/mol. The maximum absolute atomic E-state index is 13.8. The molecule has 4 aliphatic rings. The zero-order chi connectivity index (χ0) is 35.0. The Morgan fingerprint density at radius 1 is 1.06 bits per heavy atom. The van der Waals surface area contributed by atoms with E-state index in [2.05, 4.69) is 6.58 Å². The van der Waals surface area contributed by atoms with Gasteiger partial charge in [-0.2, -0.15) is 0 Å². The van der Waals surface area contributed by atoms with E-state index in [0.29, 0.717) is 36.3 Å². The van der Waals surface area contributed by atoms with Crippen molar-refractivity contribution in [1.82, 2.24) is 4.90 Å². The number of phenolic OH excluding ortho intramolecular Hbond substituents is 2. The molecular formula is C35H39NO13. The number of carbonyl (C=O) groups is 2. The highest BCUT2D eigenvalue weighted by Crippen LogP contribution is 2.49. The van der Waals surface area contributed by atoms with Gasteiger partial charge >= 0.3 is 5.97 Å². The first-order valence-electron chi connectivity index (χ1n) is 15.8. The van der Waals surface area contributed by atoms with Crippen LogP contribution >= 0.6 is 0 Å². The molecule has 5 N–H and O–H groups in total. The van der Waals surface area contributed by atoms with Crippen LogP contribution in [0.5, 0.6) is 23.0 Å². The summed E-state index contributed by atoms with van der Waals surface area (Å²) in [6, 6.07) is 7.52. The predicted octanol–water partition coefficient (Wildman–Crippen LogP) is 1.68. The van der Waals surface area contributed by atoms with Crippen molar-refractivity contribution < 1.29 is 63.5 Å². The molecule has 0 spiro atoms. The summed E-state index contributed by atoms with van der Waals surface area (Å²) >= 11 is 0. The van der Waals surface area contributed by atoms with Gasteiger partial charge < -0.3 is 58.9 Å². The zero-order valence-electron chi connectivity index (χ0n) is 26.9. The summed E-state index contributed by atoms with van der Waals surface area (Å²) in [5.41, 5.74) is 2.71. The van der Waals surface area contributed by atoms with Gasteiger partial charge in [0.2, 0.25) is 12.6 Å². The molecule has 4 aliphatic heterocycles. The smallest absolute Gasteiger partial charge is 0.331 e. The van der Waals surface area contributed by atoms with Gasteiger partial charge in [-0.05, 0) is 59.9 Å². The number of ether oxygens (including phenoxy) is 6. The molecule has 49 heavy (non-hydrogen) atoms. The molecule has 2 aromatic rings. The number of esters is 1. The van der Waals surface area contributed by atoms with Crippen LogP contribution in [-0.4, -0.2) is 107 Å². The molecule has 0 radical (unpaired) electrons. The quantitative estimate of drug-likeness (QED) is 0.146. The van der Waals surface area contributed by atoms with Crippen molar-refractivity contribution in [3.8, 4) is 23.0 Å². The fourth-order valence-electron chi connectivity index (χ4n) is 6.95. The first-order chi connectivity index (χ1) is 23.6. The number of fused-ring (bicyclic) bond motifs is 4. The SMILES string of the molecule is C=C[C@H]1[C@H](O[C@@H]2O[C@H](CO)[C@@H](O)[C@H](O)[C@H]2OC(=O)C=Cc2ccc(O)c(OC)c2)OC=C2C(=O)N3CCc4cc(O)c(OC)cc4[C@H]3C[C@H]21. The molecule has 14 heteroatoms. The highest BCUT2D eigenvalue weighted by atomic mass is 16.8. The number of piperidine rings is 1. The fourth-order valence-corrected chi connectivity index (χ4v) is 6.95. The molecule has 4 heterocycles. The Bertz CT molecular complexity index is 1660. The van der Waals surface area contributed by atoms with Crippen molar-refractivity contribution in [3.05, 3.63) is 77.6 Å². The average Bonchev–Trinajstić information content (AvgIpc) is 3.10. The van der Waals surface area contributed by atoms with Crippen molar-refractivity contribution in [2.45, 2.75) is 55.9 Å². The number of hydrogen-bond acceptors (Lipinski definition) is 13. The van der Waals surface area contributed by atoms with Gasteiger partial charge in [0.25, 0.3) is 5.91 Å². The highest BCUT2D eigenvalue weighted by molar-refractivity contribution is 5.95. The van der Waals surface area contributed by atoms with Crippen LogP contribution in [0.4, 0.5) is 0 Å². The third kappa shape index (κ3) is 6.45. The monoisotopic (exact) mass is 681 g/mol. The summed E-state index contributed by atoms with van der Waals surface area (Å²) < 4.78 is 33.8. The number of nitrogens with zero attached hydrogens (tertiary/aromatic N) is 1. The van der Waals surface area contributed by atoms with Gasteiger partial charge in [0.1, 0.15) is 18.3 Å². The van der Waals surface area contributed by atoms with Gasteiger partial charge in [-0.25, -0.2) is 4.79 Å². The second kappa shape index (κ2) is 14.1. The van der Waals surface area contributed by atoms with Crippen LogP contribution in [-0.2, 0) is 35.0 Å². The Balaban J connectivity index is 1.23. The number of rotatable bonds is 9. The van der Waals surface area contributed by atoms with Crippen molar-refractivity contribution in [2.24, 2.45) is 11.8 Å². The van der Waals surface area contributed by atoms with Crippen molar-refractivity contribution in [1.29, 1.82) is 0 Å². The Kier molecular flexibility index (Phi) is 9.86. The van der Waals surface area contributed by atoms with Gasteiger partial charge in [-0.15, -0.1) is 6.58 Å². The number of hydrogen-bond donors (Lipinski definition) is 5. The van der Waals surface area contributed by atoms with Crippen LogP contribution in [0.2, 0.25) is 0 Å². The molecule has 6 rings (SSSR count). The number of carbonyl (C=O) groups excluding carboxylic acids is 2. The van der Waals surface area contributed by atoms with Crippen molar-refractivity contribution in [2.75, 3.05) is 27.4 Å². The molecule has 0 bridgehead atoms. The lowest BCUT2D eigenvalue weighted by Crippen LogP contribution is -2.61. The molecule has 262 valence electrons. The van der Waals surface area contributed by atoms with Crippen LogP contribution in [0.1, 0.15) is 29.2 Å². The highest BCUT2D eigenvalue weighted by Gasteiger charge is 2.52. The van der Waals surface area contributed by atoms with E-state index in [1.165, 1.54) is 38.7 Å². The number of aromatic hydroxyl groups is 2. The summed E-state index contributed by atoms with van der Waals surface area (Å²) in [5, 5.41) is 51.6. The van der Waals surface area contributed by atoms with E-state index in [0.717, 1.165) is 17.2 Å². The first kappa shape index (κ1) is 34.3. The molecule has 0 aromatic heterocycles. The maximum Gasteiger partial charge on any atom is 0.331 e. The van der Waals surface area contributed by atoms with Crippen molar-refractivity contribution >= 4 is 18.0 Å². The standard InChI is InChI=1S/C35H39NO13/c1-4-19-21-13-23-20-14-27(45-3)25(39)12-18(20)9-10-36(23)33(43)22(21)16-46-34(19)49-35-32(31(42)30(41)28(15-37)47-35)48-29(40)8-6-17-5-7-24(38)26(11-17)44-2/h4-8,11-12,14,16,19,21,23,28,30-32,34-35,37-39,41-42H,1,9-10,13,15H2,2-3H3/t19-,21+,23-,28-,30-,31+,32-,34+,35+/m1/s1. The molecule has 0 unspecified atom stereocenters. The molecule has 0 aliphatic carbocycles. The first-order valence-corrected chi connectivity index (χ1v) is 15.8. The Labute approximate surface area is 282 Å². The molecule has 2 fully saturated rings. The molecule has 9 atom stereocenters. The van der Waals surface area contributed by atoms with Crippen LogP contribution in [0.15, 0.2) is 60.9 Å². The summed E-state index contributed by atoms with van der Waals surface area (Å²) in [4.78, 5) is 28.5. The van der Waals surface area contributed by atoms with E-state index < -0.39 is 61.4 Å². The van der Waals surface area contributed by atoms with Gasteiger partial charge in [0.05, 0.1) is 38.7 Å². The lowest BCUT2D eigenvalue weighted by molar-refractivity contribution is -0.340. The second-order valence-electron chi connectivity index (χ2n) is 12.2. The molecule has 1 amide bonds. The van der Waals surface area contributed by atoms with Crippen LogP contribution in [0.25, 0.3) is 6.08 Å².